The number of fused-ring (bicyclic) bond motifs is 1. The molecule has 1 atom stereocenters. The number of alkyl halides is 2. The Labute approximate surface area is 104 Å². The molecule has 1 aliphatic heterocycles. The molecule has 5 heteroatoms. The number of nitrogens with one attached hydrogen (secondary N) is 1. The van der Waals surface area contributed by atoms with Crippen LogP contribution in [0.1, 0.15) is 25.3 Å². The van der Waals surface area contributed by atoms with Crippen LogP contribution in [0.5, 0.6) is 5.75 Å². The van der Waals surface area contributed by atoms with Crippen LogP contribution in [0.2, 0.25) is 0 Å². The van der Waals surface area contributed by atoms with Gasteiger partial charge in [0.1, 0.15) is 12.0 Å². The van der Waals surface area contributed by atoms with Crippen molar-refractivity contribution in [1.29, 1.82) is 0 Å². The Morgan fingerprint density at radius 3 is 2.78 bits per heavy atom. The number of allylic oxidation sites excluding steroid dienone is 1. The molecule has 0 radical (unpaired) electrons. The van der Waals surface area contributed by atoms with E-state index in [1.807, 2.05) is 0 Å². The molecule has 2 rings (SSSR count). The fraction of sp³-hybridized carbons (Fsp3) is 0.385. The van der Waals surface area contributed by atoms with Crippen LogP contribution in [0.3, 0.4) is 0 Å². The highest BCUT2D eigenvalue weighted by Crippen LogP contribution is 2.37. The first-order valence-electron chi connectivity index (χ1n) is 5.75. The second-order valence-corrected chi connectivity index (χ2v) is 4.37. The summed E-state index contributed by atoms with van der Waals surface area (Å²) in [6.07, 6.45) is -3.29. The van der Waals surface area contributed by atoms with E-state index < -0.39 is 12.7 Å². The summed E-state index contributed by atoms with van der Waals surface area (Å²) in [6.45, 7) is 1.72. The molecule has 0 saturated heterocycles. The van der Waals surface area contributed by atoms with Crippen molar-refractivity contribution in [2.75, 3.05) is 5.32 Å². The van der Waals surface area contributed by atoms with Crippen LogP contribution in [0, 0.1) is 0 Å². The van der Waals surface area contributed by atoms with Crippen LogP contribution in [0.15, 0.2) is 23.8 Å². The SMILES string of the molecule is CC1=C(CCC(F)F)c2ccc(O)cc2NC1O. The molecule has 3 nitrogen and oxygen atoms in total. The Bertz CT molecular complexity index is 486. The highest BCUT2D eigenvalue weighted by atomic mass is 19.3. The third-order valence-corrected chi connectivity index (χ3v) is 3.12. The molecule has 18 heavy (non-hydrogen) atoms. The van der Waals surface area contributed by atoms with Gasteiger partial charge in [-0.25, -0.2) is 8.78 Å². The Morgan fingerprint density at radius 2 is 2.11 bits per heavy atom. The number of anilines is 1. The Morgan fingerprint density at radius 1 is 1.39 bits per heavy atom. The van der Waals surface area contributed by atoms with Gasteiger partial charge in [-0.2, -0.15) is 0 Å². The molecule has 0 amide bonds. The van der Waals surface area contributed by atoms with E-state index in [-0.39, 0.29) is 18.6 Å². The van der Waals surface area contributed by atoms with E-state index in [0.29, 0.717) is 11.3 Å². The zero-order valence-electron chi connectivity index (χ0n) is 9.95. The van der Waals surface area contributed by atoms with E-state index in [1.54, 1.807) is 13.0 Å². The number of hydrogen-bond donors (Lipinski definition) is 3. The molecule has 0 saturated carbocycles. The maximum Gasteiger partial charge on any atom is 0.239 e. The number of rotatable bonds is 3. The van der Waals surface area contributed by atoms with Crippen molar-refractivity contribution in [2.24, 2.45) is 0 Å². The van der Waals surface area contributed by atoms with Crippen LogP contribution in [0.4, 0.5) is 14.5 Å². The number of phenols is 1. The first-order chi connectivity index (χ1) is 8.49. The highest BCUT2D eigenvalue weighted by molar-refractivity contribution is 5.82. The summed E-state index contributed by atoms with van der Waals surface area (Å²) in [5.74, 6) is 0.0706. The second kappa shape index (κ2) is 4.94. The van der Waals surface area contributed by atoms with E-state index in [2.05, 4.69) is 5.32 Å². The largest absolute Gasteiger partial charge is 0.508 e. The number of benzene rings is 1. The molecule has 98 valence electrons. The zero-order valence-corrected chi connectivity index (χ0v) is 9.95. The lowest BCUT2D eigenvalue weighted by molar-refractivity contribution is 0.139. The number of phenolic OH excluding ortho intramolecular Hbond substituents is 1. The fourth-order valence-electron chi connectivity index (χ4n) is 2.13. The van der Waals surface area contributed by atoms with E-state index in [4.69, 9.17) is 0 Å². The normalized spacial score (nSPS) is 18.8. The van der Waals surface area contributed by atoms with Crippen molar-refractivity contribution < 1.29 is 19.0 Å². The van der Waals surface area contributed by atoms with Crippen LogP contribution in [-0.2, 0) is 0 Å². The summed E-state index contributed by atoms with van der Waals surface area (Å²) in [4.78, 5) is 0. The standard InChI is InChI=1S/C13H15F2NO2/c1-7-9(4-5-12(14)15)10-3-2-8(17)6-11(10)16-13(7)18/h2-3,6,12-13,16-18H,4-5H2,1H3. The van der Waals surface area contributed by atoms with Gasteiger partial charge >= 0.3 is 0 Å². The molecular formula is C13H15F2NO2. The smallest absolute Gasteiger partial charge is 0.239 e. The third kappa shape index (κ3) is 2.46. The molecule has 0 bridgehead atoms. The predicted octanol–water partition coefficient (Wildman–Crippen LogP) is 2.95. The van der Waals surface area contributed by atoms with Crippen LogP contribution >= 0.6 is 0 Å². The maximum absolute atomic E-state index is 12.3. The van der Waals surface area contributed by atoms with E-state index in [9.17, 15) is 19.0 Å². The summed E-state index contributed by atoms with van der Waals surface area (Å²) in [5, 5.41) is 22.0. The minimum Gasteiger partial charge on any atom is -0.508 e. The summed E-state index contributed by atoms with van der Waals surface area (Å²) in [5.41, 5.74) is 2.69. The lowest BCUT2D eigenvalue weighted by Gasteiger charge is -2.27. The van der Waals surface area contributed by atoms with Crippen LogP contribution in [-0.4, -0.2) is 22.9 Å². The first kappa shape index (κ1) is 12.8. The van der Waals surface area contributed by atoms with Gasteiger partial charge in [0.15, 0.2) is 0 Å². The molecule has 1 heterocycles. The monoisotopic (exact) mass is 255 g/mol. The fourth-order valence-corrected chi connectivity index (χ4v) is 2.13. The number of aliphatic hydroxyl groups is 1. The Balaban J connectivity index is 2.38. The second-order valence-electron chi connectivity index (χ2n) is 4.37. The average Bonchev–Trinajstić information content (AvgIpc) is 2.29. The lowest BCUT2D eigenvalue weighted by atomic mass is 9.91. The van der Waals surface area contributed by atoms with Gasteiger partial charge in [-0.3, -0.25) is 0 Å². The molecule has 0 aromatic heterocycles. The highest BCUT2D eigenvalue weighted by Gasteiger charge is 2.23. The van der Waals surface area contributed by atoms with Gasteiger partial charge in [-0.1, -0.05) is 0 Å². The maximum atomic E-state index is 12.3. The topological polar surface area (TPSA) is 52.5 Å². The van der Waals surface area contributed by atoms with Crippen molar-refractivity contribution in [2.45, 2.75) is 32.4 Å². The molecule has 0 fully saturated rings. The van der Waals surface area contributed by atoms with Crippen LogP contribution in [0.25, 0.3) is 5.57 Å². The minimum absolute atomic E-state index is 0.0706. The van der Waals surface area contributed by atoms with E-state index in [1.165, 1.54) is 12.1 Å². The molecular weight excluding hydrogens is 240 g/mol. The van der Waals surface area contributed by atoms with Gasteiger partial charge in [0, 0.05) is 23.7 Å². The summed E-state index contributed by atoms with van der Waals surface area (Å²) in [7, 11) is 0. The average molecular weight is 255 g/mol. The molecule has 1 aromatic rings. The number of halogens is 2. The predicted molar refractivity (Wildman–Crippen MR) is 65.6 cm³/mol. The van der Waals surface area contributed by atoms with Crippen molar-refractivity contribution >= 4 is 11.3 Å². The number of aromatic hydroxyl groups is 1. The van der Waals surface area contributed by atoms with Gasteiger partial charge in [-0.05, 0) is 36.6 Å². The van der Waals surface area contributed by atoms with Gasteiger partial charge in [-0.15, -0.1) is 0 Å². The third-order valence-electron chi connectivity index (χ3n) is 3.12. The number of hydrogen-bond acceptors (Lipinski definition) is 3. The summed E-state index contributed by atoms with van der Waals surface area (Å²) in [6, 6.07) is 4.66. The lowest BCUT2D eigenvalue weighted by Crippen LogP contribution is -2.25. The van der Waals surface area contributed by atoms with E-state index >= 15 is 0 Å². The Kier molecular flexibility index (Phi) is 3.52. The van der Waals surface area contributed by atoms with E-state index in [0.717, 1.165) is 11.1 Å². The molecule has 1 aliphatic rings. The minimum atomic E-state index is -2.36. The van der Waals surface area contributed by atoms with Crippen molar-refractivity contribution in [3.63, 3.8) is 0 Å². The van der Waals surface area contributed by atoms with Crippen molar-refractivity contribution in [1.82, 2.24) is 0 Å². The summed E-state index contributed by atoms with van der Waals surface area (Å²) >= 11 is 0. The molecule has 3 N–H and O–H groups in total. The number of aliphatic hydroxyl groups excluding tert-OH is 1. The van der Waals surface area contributed by atoms with Gasteiger partial charge in [0.05, 0.1) is 0 Å². The van der Waals surface area contributed by atoms with Crippen molar-refractivity contribution in [3.8, 4) is 5.75 Å². The molecule has 1 unspecified atom stereocenters. The van der Waals surface area contributed by atoms with Gasteiger partial charge < -0.3 is 15.5 Å². The quantitative estimate of drug-likeness (QED) is 0.778. The van der Waals surface area contributed by atoms with Crippen LogP contribution < -0.4 is 5.32 Å². The van der Waals surface area contributed by atoms with Gasteiger partial charge in [0.2, 0.25) is 6.43 Å². The Hall–Kier alpha value is -1.62. The molecule has 0 spiro atoms. The first-order valence-corrected chi connectivity index (χ1v) is 5.75. The zero-order chi connectivity index (χ0) is 13.3. The van der Waals surface area contributed by atoms with Crippen molar-refractivity contribution in [3.05, 3.63) is 29.3 Å². The van der Waals surface area contributed by atoms with Gasteiger partial charge in [0.25, 0.3) is 0 Å². The summed E-state index contributed by atoms with van der Waals surface area (Å²) < 4.78 is 24.6. The molecule has 0 aliphatic carbocycles. The molecule has 1 aromatic carbocycles.